The molecule has 0 fully saturated rings. The van der Waals surface area contributed by atoms with Gasteiger partial charge in [0.05, 0.1) is 11.6 Å². The van der Waals surface area contributed by atoms with E-state index in [0.29, 0.717) is 17.8 Å². The quantitative estimate of drug-likeness (QED) is 0.805. The molecular formula is C15H19N3O2. The fourth-order valence-electron chi connectivity index (χ4n) is 1.48. The average molecular weight is 273 g/mol. The summed E-state index contributed by atoms with van der Waals surface area (Å²) in [5.74, 6) is -0.679. The topological polar surface area (TPSA) is 82.0 Å². The molecule has 2 N–H and O–H groups in total. The fourth-order valence-corrected chi connectivity index (χ4v) is 1.48. The third-order valence-corrected chi connectivity index (χ3v) is 2.94. The molecule has 0 aliphatic heterocycles. The van der Waals surface area contributed by atoms with E-state index in [2.05, 4.69) is 10.6 Å². The molecule has 0 unspecified atom stereocenters. The Morgan fingerprint density at radius 2 is 1.80 bits per heavy atom. The van der Waals surface area contributed by atoms with Gasteiger partial charge in [0, 0.05) is 12.2 Å². The Morgan fingerprint density at radius 3 is 2.30 bits per heavy atom. The molecule has 0 atom stereocenters. The zero-order chi connectivity index (χ0) is 15.2. The third kappa shape index (κ3) is 3.82. The monoisotopic (exact) mass is 273 g/mol. The molecule has 0 saturated heterocycles. The van der Waals surface area contributed by atoms with Crippen LogP contribution >= 0.6 is 0 Å². The second kappa shape index (κ2) is 6.71. The van der Waals surface area contributed by atoms with Crippen LogP contribution in [0.4, 0.5) is 5.69 Å². The van der Waals surface area contributed by atoms with Crippen molar-refractivity contribution in [3.63, 3.8) is 0 Å². The Labute approximate surface area is 119 Å². The number of hydrogen-bond acceptors (Lipinski definition) is 3. The fraction of sp³-hybridized carbons (Fsp3) is 0.400. The Bertz CT molecular complexity index is 527. The number of nitrogens with zero attached hydrogens (tertiary/aromatic N) is 1. The predicted molar refractivity (Wildman–Crippen MR) is 76.9 cm³/mol. The van der Waals surface area contributed by atoms with Crippen LogP contribution in [0.25, 0.3) is 0 Å². The number of amides is 2. The lowest BCUT2D eigenvalue weighted by Gasteiger charge is -2.22. The summed E-state index contributed by atoms with van der Waals surface area (Å²) >= 11 is 0. The Morgan fingerprint density at radius 1 is 1.20 bits per heavy atom. The van der Waals surface area contributed by atoms with E-state index in [1.807, 2.05) is 13.0 Å². The number of hydrogen-bond donors (Lipinski definition) is 2. The van der Waals surface area contributed by atoms with Gasteiger partial charge in [0.2, 0.25) is 11.8 Å². The largest absolute Gasteiger partial charge is 0.355 e. The van der Waals surface area contributed by atoms with Crippen molar-refractivity contribution >= 4 is 17.5 Å². The molecule has 0 aliphatic rings. The van der Waals surface area contributed by atoms with E-state index in [1.54, 1.807) is 38.1 Å². The molecule has 1 aromatic rings. The van der Waals surface area contributed by atoms with Crippen molar-refractivity contribution in [2.24, 2.45) is 5.41 Å². The molecule has 0 bridgehead atoms. The maximum absolute atomic E-state index is 12.2. The highest BCUT2D eigenvalue weighted by molar-refractivity contribution is 6.09. The number of nitriles is 1. The summed E-state index contributed by atoms with van der Waals surface area (Å²) in [5.41, 5.74) is -0.0726. The van der Waals surface area contributed by atoms with E-state index in [-0.39, 0.29) is 11.8 Å². The maximum atomic E-state index is 12.2. The lowest BCUT2D eigenvalue weighted by atomic mass is 9.91. The van der Waals surface area contributed by atoms with Gasteiger partial charge in [-0.2, -0.15) is 5.26 Å². The van der Waals surface area contributed by atoms with Gasteiger partial charge in [-0.15, -0.1) is 0 Å². The van der Waals surface area contributed by atoms with Crippen LogP contribution in [0.5, 0.6) is 0 Å². The van der Waals surface area contributed by atoms with Crippen molar-refractivity contribution in [2.75, 3.05) is 11.9 Å². The molecule has 2 amide bonds. The second-order valence-electron chi connectivity index (χ2n) is 5.02. The summed E-state index contributed by atoms with van der Waals surface area (Å²) < 4.78 is 0. The lowest BCUT2D eigenvalue weighted by Crippen LogP contribution is -2.45. The van der Waals surface area contributed by atoms with Crippen LogP contribution in [-0.2, 0) is 9.59 Å². The molecule has 5 heteroatoms. The number of rotatable bonds is 5. The maximum Gasteiger partial charge on any atom is 0.239 e. The summed E-state index contributed by atoms with van der Waals surface area (Å²) in [6.07, 6.45) is 0.819. The van der Waals surface area contributed by atoms with Gasteiger partial charge in [0.15, 0.2) is 0 Å². The first-order valence-corrected chi connectivity index (χ1v) is 6.51. The van der Waals surface area contributed by atoms with E-state index >= 15 is 0 Å². The van der Waals surface area contributed by atoms with Crippen molar-refractivity contribution in [1.29, 1.82) is 5.26 Å². The van der Waals surface area contributed by atoms with E-state index in [4.69, 9.17) is 5.26 Å². The van der Waals surface area contributed by atoms with E-state index in [9.17, 15) is 9.59 Å². The molecule has 1 aromatic carbocycles. The normalized spacial score (nSPS) is 10.5. The average Bonchev–Trinajstić information content (AvgIpc) is 2.45. The summed E-state index contributed by atoms with van der Waals surface area (Å²) in [4.78, 5) is 24.1. The highest BCUT2D eigenvalue weighted by Crippen LogP contribution is 2.19. The first-order valence-electron chi connectivity index (χ1n) is 6.51. The smallest absolute Gasteiger partial charge is 0.239 e. The van der Waals surface area contributed by atoms with Crippen LogP contribution < -0.4 is 10.6 Å². The predicted octanol–water partition coefficient (Wildman–Crippen LogP) is 2.05. The molecule has 106 valence electrons. The standard InChI is InChI=1S/C15H19N3O2/c1-4-9-17-13(19)15(2,3)14(20)18-12-7-5-11(10-16)6-8-12/h5-8H,4,9H2,1-3H3,(H,17,19)(H,18,20). The van der Waals surface area contributed by atoms with Gasteiger partial charge >= 0.3 is 0 Å². The minimum Gasteiger partial charge on any atom is -0.355 e. The van der Waals surface area contributed by atoms with Crippen LogP contribution in [0.3, 0.4) is 0 Å². The number of carbonyl (C=O) groups excluding carboxylic acids is 2. The molecular weight excluding hydrogens is 254 g/mol. The molecule has 0 aliphatic carbocycles. The number of benzene rings is 1. The third-order valence-electron chi connectivity index (χ3n) is 2.94. The van der Waals surface area contributed by atoms with Crippen LogP contribution in [0.15, 0.2) is 24.3 Å². The van der Waals surface area contributed by atoms with Gasteiger partial charge in [-0.25, -0.2) is 0 Å². The highest BCUT2D eigenvalue weighted by atomic mass is 16.2. The van der Waals surface area contributed by atoms with Crippen LogP contribution in [-0.4, -0.2) is 18.4 Å². The van der Waals surface area contributed by atoms with Crippen molar-refractivity contribution in [1.82, 2.24) is 5.32 Å². The summed E-state index contributed by atoms with van der Waals surface area (Å²) in [6.45, 7) is 5.66. The van der Waals surface area contributed by atoms with Gasteiger partial charge < -0.3 is 10.6 Å². The van der Waals surface area contributed by atoms with Crippen LogP contribution in [0.2, 0.25) is 0 Å². The van der Waals surface area contributed by atoms with E-state index < -0.39 is 5.41 Å². The summed E-state index contributed by atoms with van der Waals surface area (Å²) in [6, 6.07) is 8.49. The van der Waals surface area contributed by atoms with Gasteiger partial charge in [-0.3, -0.25) is 9.59 Å². The van der Waals surface area contributed by atoms with Crippen molar-refractivity contribution < 1.29 is 9.59 Å². The van der Waals surface area contributed by atoms with Crippen molar-refractivity contribution in [3.8, 4) is 6.07 Å². The summed E-state index contributed by atoms with van der Waals surface area (Å²) in [7, 11) is 0. The molecule has 1 rings (SSSR count). The number of anilines is 1. The van der Waals surface area contributed by atoms with E-state index in [0.717, 1.165) is 6.42 Å². The first-order chi connectivity index (χ1) is 9.41. The van der Waals surface area contributed by atoms with Crippen LogP contribution in [0.1, 0.15) is 32.8 Å². The van der Waals surface area contributed by atoms with Gasteiger partial charge in [0.1, 0.15) is 5.41 Å². The Kier molecular flexibility index (Phi) is 5.27. The zero-order valence-corrected chi connectivity index (χ0v) is 12.0. The molecule has 0 aromatic heterocycles. The molecule has 20 heavy (non-hydrogen) atoms. The van der Waals surface area contributed by atoms with Crippen LogP contribution in [0, 0.1) is 16.7 Å². The minimum atomic E-state index is -1.15. The lowest BCUT2D eigenvalue weighted by molar-refractivity contribution is -0.138. The van der Waals surface area contributed by atoms with Gasteiger partial charge in [0.25, 0.3) is 0 Å². The van der Waals surface area contributed by atoms with Crippen molar-refractivity contribution in [3.05, 3.63) is 29.8 Å². The molecule has 5 nitrogen and oxygen atoms in total. The molecule has 0 heterocycles. The SMILES string of the molecule is CCCNC(=O)C(C)(C)C(=O)Nc1ccc(C#N)cc1. The number of carbonyl (C=O) groups is 2. The molecule has 0 radical (unpaired) electrons. The van der Waals surface area contributed by atoms with Gasteiger partial charge in [-0.1, -0.05) is 6.92 Å². The first kappa shape index (κ1) is 15.7. The minimum absolute atomic E-state index is 0.300. The highest BCUT2D eigenvalue weighted by Gasteiger charge is 2.35. The van der Waals surface area contributed by atoms with Crippen molar-refractivity contribution in [2.45, 2.75) is 27.2 Å². The second-order valence-corrected chi connectivity index (χ2v) is 5.02. The molecule has 0 saturated carbocycles. The van der Waals surface area contributed by atoms with E-state index in [1.165, 1.54) is 0 Å². The van der Waals surface area contributed by atoms with Gasteiger partial charge in [-0.05, 0) is 44.5 Å². The molecule has 0 spiro atoms. The zero-order valence-electron chi connectivity index (χ0n) is 12.0. The summed E-state index contributed by atoms with van der Waals surface area (Å²) in [5, 5.41) is 14.1. The Hall–Kier alpha value is -2.35. The number of nitrogens with one attached hydrogen (secondary N) is 2. The Balaban J connectivity index is 2.73.